The lowest BCUT2D eigenvalue weighted by molar-refractivity contribution is -0.138. The van der Waals surface area contributed by atoms with Crippen LogP contribution in [0.5, 0.6) is 5.75 Å². The minimum Gasteiger partial charge on any atom is -0.479 e. The molecular formula is C18H18ClN3O2. The number of rotatable bonds is 7. The summed E-state index contributed by atoms with van der Waals surface area (Å²) in [5.41, 5.74) is 0.897. The molecule has 2 rings (SSSR count). The lowest BCUT2D eigenvalue weighted by Crippen LogP contribution is -2.40. The number of carbonyl (C=O) groups excluding carboxylic acids is 1. The van der Waals surface area contributed by atoms with E-state index in [9.17, 15) is 4.79 Å². The molecule has 1 heterocycles. The smallest absolute Gasteiger partial charge is 0.263 e. The Kier molecular flexibility index (Phi) is 6.59. The second kappa shape index (κ2) is 8.90. The lowest BCUT2D eigenvalue weighted by atomic mass is 10.2. The molecule has 0 saturated carbocycles. The highest BCUT2D eigenvalue weighted by molar-refractivity contribution is 6.32. The van der Waals surface area contributed by atoms with Crippen LogP contribution in [-0.2, 0) is 11.3 Å². The Morgan fingerprint density at radius 2 is 2.17 bits per heavy atom. The largest absolute Gasteiger partial charge is 0.479 e. The third-order valence-corrected chi connectivity index (χ3v) is 3.70. The zero-order valence-electron chi connectivity index (χ0n) is 13.4. The lowest BCUT2D eigenvalue weighted by Gasteiger charge is -2.25. The van der Waals surface area contributed by atoms with Crippen molar-refractivity contribution >= 4 is 17.5 Å². The van der Waals surface area contributed by atoms with Crippen molar-refractivity contribution < 1.29 is 9.53 Å². The van der Waals surface area contributed by atoms with Crippen molar-refractivity contribution in [2.24, 2.45) is 0 Å². The van der Waals surface area contributed by atoms with Gasteiger partial charge in [-0.25, -0.2) is 0 Å². The van der Waals surface area contributed by atoms with E-state index in [-0.39, 0.29) is 12.3 Å². The van der Waals surface area contributed by atoms with Gasteiger partial charge < -0.3 is 9.64 Å². The summed E-state index contributed by atoms with van der Waals surface area (Å²) in [5, 5.41) is 9.28. The summed E-state index contributed by atoms with van der Waals surface area (Å²) >= 11 is 6.06. The number of para-hydroxylation sites is 1. The van der Waals surface area contributed by atoms with Crippen molar-refractivity contribution in [2.75, 3.05) is 6.54 Å². The molecule has 0 fully saturated rings. The molecule has 1 aromatic heterocycles. The van der Waals surface area contributed by atoms with E-state index in [1.165, 1.54) is 0 Å². The third-order valence-electron chi connectivity index (χ3n) is 3.39. The van der Waals surface area contributed by atoms with E-state index >= 15 is 0 Å². The Labute approximate surface area is 146 Å². The summed E-state index contributed by atoms with van der Waals surface area (Å²) < 4.78 is 5.68. The van der Waals surface area contributed by atoms with Crippen LogP contribution in [0.25, 0.3) is 0 Å². The first-order valence-electron chi connectivity index (χ1n) is 7.57. The van der Waals surface area contributed by atoms with Gasteiger partial charge in [0.05, 0.1) is 17.5 Å². The zero-order valence-corrected chi connectivity index (χ0v) is 14.1. The Bertz CT molecular complexity index is 716. The van der Waals surface area contributed by atoms with E-state index < -0.39 is 6.10 Å². The molecule has 0 unspecified atom stereocenters. The molecule has 0 radical (unpaired) electrons. The van der Waals surface area contributed by atoms with Gasteiger partial charge in [0.1, 0.15) is 5.75 Å². The molecule has 24 heavy (non-hydrogen) atoms. The van der Waals surface area contributed by atoms with Crippen molar-refractivity contribution in [1.29, 1.82) is 5.26 Å². The molecular weight excluding hydrogens is 326 g/mol. The van der Waals surface area contributed by atoms with E-state index in [0.29, 0.717) is 23.9 Å². The van der Waals surface area contributed by atoms with Crippen LogP contribution in [0.2, 0.25) is 5.02 Å². The van der Waals surface area contributed by atoms with Crippen molar-refractivity contribution in [3.05, 3.63) is 59.4 Å². The second-order valence-electron chi connectivity index (χ2n) is 5.22. The van der Waals surface area contributed by atoms with Crippen LogP contribution < -0.4 is 4.74 Å². The topological polar surface area (TPSA) is 66.2 Å². The standard InChI is InChI=1S/C18H18ClN3O2/c1-14(24-17-8-3-2-7-16(17)19)18(23)22(11-5-9-20)13-15-6-4-10-21-12-15/h2-4,6-8,10,12,14H,5,11,13H2,1H3/t14-/m1/s1. The molecule has 0 saturated heterocycles. The van der Waals surface area contributed by atoms with Gasteiger partial charge in [-0.15, -0.1) is 0 Å². The van der Waals surface area contributed by atoms with Gasteiger partial charge in [-0.3, -0.25) is 9.78 Å². The number of pyridine rings is 1. The maximum absolute atomic E-state index is 12.7. The molecule has 1 atom stereocenters. The summed E-state index contributed by atoms with van der Waals surface area (Å²) in [5.74, 6) is 0.260. The summed E-state index contributed by atoms with van der Waals surface area (Å²) in [6, 6.07) is 12.8. The van der Waals surface area contributed by atoms with Gasteiger partial charge in [0, 0.05) is 25.5 Å². The fraction of sp³-hybridized carbons (Fsp3) is 0.278. The Balaban J connectivity index is 2.08. The van der Waals surface area contributed by atoms with E-state index in [1.807, 2.05) is 12.1 Å². The summed E-state index contributed by atoms with van der Waals surface area (Å²) in [6.45, 7) is 2.39. The van der Waals surface area contributed by atoms with Crippen LogP contribution in [0.1, 0.15) is 18.9 Å². The van der Waals surface area contributed by atoms with Crippen LogP contribution in [0, 0.1) is 11.3 Å². The predicted octanol–water partition coefficient (Wildman–Crippen LogP) is 3.44. The van der Waals surface area contributed by atoms with Gasteiger partial charge in [0.25, 0.3) is 5.91 Å². The third kappa shape index (κ3) is 4.97. The minimum absolute atomic E-state index is 0.200. The van der Waals surface area contributed by atoms with Gasteiger partial charge in [0.15, 0.2) is 6.10 Å². The van der Waals surface area contributed by atoms with E-state index in [2.05, 4.69) is 11.1 Å². The van der Waals surface area contributed by atoms with E-state index in [1.54, 1.807) is 48.5 Å². The van der Waals surface area contributed by atoms with Gasteiger partial charge >= 0.3 is 0 Å². The highest BCUT2D eigenvalue weighted by Gasteiger charge is 2.22. The van der Waals surface area contributed by atoms with Crippen molar-refractivity contribution in [3.8, 4) is 11.8 Å². The Morgan fingerprint density at radius 3 is 2.83 bits per heavy atom. The minimum atomic E-state index is -0.708. The number of halogens is 1. The molecule has 2 aromatic rings. The second-order valence-corrected chi connectivity index (χ2v) is 5.63. The van der Waals surface area contributed by atoms with Crippen LogP contribution in [0.4, 0.5) is 0 Å². The number of hydrogen-bond donors (Lipinski definition) is 0. The molecule has 1 aromatic carbocycles. The highest BCUT2D eigenvalue weighted by Crippen LogP contribution is 2.24. The fourth-order valence-corrected chi connectivity index (χ4v) is 2.38. The van der Waals surface area contributed by atoms with Gasteiger partial charge in [-0.2, -0.15) is 5.26 Å². The Morgan fingerprint density at radius 1 is 1.38 bits per heavy atom. The number of ether oxygens (including phenoxy) is 1. The average molecular weight is 344 g/mol. The van der Waals surface area contributed by atoms with Crippen molar-refractivity contribution in [2.45, 2.75) is 26.0 Å². The molecule has 1 amide bonds. The summed E-state index contributed by atoms with van der Waals surface area (Å²) in [7, 11) is 0. The van der Waals surface area contributed by atoms with Crippen LogP contribution >= 0.6 is 11.6 Å². The number of carbonyl (C=O) groups is 1. The Hall–Kier alpha value is -2.58. The monoisotopic (exact) mass is 343 g/mol. The molecule has 6 heteroatoms. The van der Waals surface area contributed by atoms with E-state index in [0.717, 1.165) is 5.56 Å². The maximum atomic E-state index is 12.7. The van der Waals surface area contributed by atoms with Crippen molar-refractivity contribution in [3.63, 3.8) is 0 Å². The van der Waals surface area contributed by atoms with Crippen LogP contribution in [0.3, 0.4) is 0 Å². The summed E-state index contributed by atoms with van der Waals surface area (Å²) in [6.07, 6.45) is 2.92. The normalized spacial score (nSPS) is 11.4. The number of hydrogen-bond acceptors (Lipinski definition) is 4. The number of nitrogens with zero attached hydrogens (tertiary/aromatic N) is 3. The van der Waals surface area contributed by atoms with E-state index in [4.69, 9.17) is 21.6 Å². The quantitative estimate of drug-likeness (QED) is 0.772. The number of nitriles is 1. The SMILES string of the molecule is C[C@@H](Oc1ccccc1Cl)C(=O)N(CCC#N)Cc1cccnc1. The molecule has 124 valence electrons. The molecule has 0 aliphatic carbocycles. The number of aromatic nitrogens is 1. The number of benzene rings is 1. The van der Waals surface area contributed by atoms with Gasteiger partial charge in [0.2, 0.25) is 0 Å². The van der Waals surface area contributed by atoms with Gasteiger partial charge in [-0.1, -0.05) is 29.8 Å². The highest BCUT2D eigenvalue weighted by atomic mass is 35.5. The first kappa shape index (κ1) is 17.8. The molecule has 0 aliphatic heterocycles. The van der Waals surface area contributed by atoms with Gasteiger partial charge in [-0.05, 0) is 30.7 Å². The average Bonchev–Trinajstić information content (AvgIpc) is 2.60. The fourth-order valence-electron chi connectivity index (χ4n) is 2.20. The molecule has 5 nitrogen and oxygen atoms in total. The van der Waals surface area contributed by atoms with Crippen LogP contribution in [0.15, 0.2) is 48.8 Å². The summed E-state index contributed by atoms with van der Waals surface area (Å²) in [4.78, 5) is 18.3. The predicted molar refractivity (Wildman–Crippen MR) is 91.4 cm³/mol. The molecule has 0 bridgehead atoms. The van der Waals surface area contributed by atoms with Crippen LogP contribution in [-0.4, -0.2) is 28.4 Å². The molecule has 0 aliphatic rings. The maximum Gasteiger partial charge on any atom is 0.263 e. The first-order valence-corrected chi connectivity index (χ1v) is 7.95. The zero-order chi connectivity index (χ0) is 17.4. The molecule has 0 spiro atoms. The molecule has 0 N–H and O–H groups in total. The number of amides is 1. The van der Waals surface area contributed by atoms with Crippen molar-refractivity contribution in [1.82, 2.24) is 9.88 Å². The first-order chi connectivity index (χ1) is 11.6.